The summed E-state index contributed by atoms with van der Waals surface area (Å²) in [4.78, 5) is 29.3. The molecule has 0 aromatic carbocycles. The molecule has 53 heavy (non-hydrogen) atoms. The van der Waals surface area contributed by atoms with E-state index in [1.54, 1.807) is 0 Å². The lowest BCUT2D eigenvalue weighted by molar-refractivity contribution is -0.291. The van der Waals surface area contributed by atoms with Crippen LogP contribution in [-0.2, 0) is 14.3 Å². The number of allylic oxidation sites excluding steroid dienone is 2. The minimum atomic E-state index is -2.05. The molecule has 1 rings (SSSR count). The Kier molecular flexibility index (Phi) is 28.9. The molecule has 1 heterocycles. The number of unbranched alkanes of at least 4 members (excludes halogenated alkanes) is 22. The van der Waals surface area contributed by atoms with Gasteiger partial charge in [-0.3, -0.25) is 15.3 Å². The van der Waals surface area contributed by atoms with Crippen LogP contribution in [0.5, 0.6) is 0 Å². The molecule has 0 aromatic heterocycles. The number of Topliss-reactive ketones (excluding diaryl/α,β-unsaturated/α-hetero) is 1. The highest BCUT2D eigenvalue weighted by molar-refractivity contribution is 5.89. The summed E-state index contributed by atoms with van der Waals surface area (Å²) in [5, 5.41) is 32.2. The van der Waals surface area contributed by atoms with Gasteiger partial charge in [0.25, 0.3) is 0 Å². The Balaban J connectivity index is 2.81. The molecule has 1 aliphatic rings. The number of rotatable bonds is 34. The number of carbonyl (C=O) groups excluding carboxylic acids is 2. The summed E-state index contributed by atoms with van der Waals surface area (Å²) < 4.78 is 6.10. The fourth-order valence-electron chi connectivity index (χ4n) is 7.74. The number of hydrogen-bond acceptors (Lipinski definition) is 8. The van der Waals surface area contributed by atoms with Crippen molar-refractivity contribution in [2.24, 2.45) is 23.3 Å². The summed E-state index contributed by atoms with van der Waals surface area (Å²) in [6.45, 7) is 8.02. The molecule has 0 radical (unpaired) electrons. The van der Waals surface area contributed by atoms with Crippen LogP contribution in [0, 0.1) is 11.8 Å². The second kappa shape index (κ2) is 30.8. The van der Waals surface area contributed by atoms with Crippen LogP contribution in [0.3, 0.4) is 0 Å². The van der Waals surface area contributed by atoms with Gasteiger partial charge in [-0.15, -0.1) is 0 Å². The Hall–Kier alpha value is -1.36. The Morgan fingerprint density at radius 3 is 1.58 bits per heavy atom. The fourth-order valence-corrected chi connectivity index (χ4v) is 7.74. The molecule has 1 saturated heterocycles. The highest BCUT2D eigenvalue weighted by Gasteiger charge is 2.59. The van der Waals surface area contributed by atoms with Gasteiger partial charge in [-0.1, -0.05) is 162 Å². The van der Waals surface area contributed by atoms with Gasteiger partial charge in [0.05, 0.1) is 18.8 Å². The van der Waals surface area contributed by atoms with E-state index in [1.165, 1.54) is 101 Å². The number of nitrogens with two attached hydrogens (primary N) is 2. The molecule has 0 aromatic rings. The van der Waals surface area contributed by atoms with Crippen molar-refractivity contribution in [2.75, 3.05) is 13.2 Å². The third-order valence-electron chi connectivity index (χ3n) is 11.0. The molecule has 312 valence electrons. The van der Waals surface area contributed by atoms with E-state index in [2.05, 4.69) is 26.0 Å². The van der Waals surface area contributed by atoms with Crippen molar-refractivity contribution in [3.8, 4) is 0 Å². The van der Waals surface area contributed by atoms with Gasteiger partial charge in [0.15, 0.2) is 5.78 Å². The molecule has 6 atom stereocenters. The largest absolute Gasteiger partial charge is 0.394 e. The lowest BCUT2D eigenvalue weighted by Gasteiger charge is -2.53. The first kappa shape index (κ1) is 49.7. The summed E-state index contributed by atoms with van der Waals surface area (Å²) in [7, 11) is 0. The van der Waals surface area contributed by atoms with E-state index in [1.807, 2.05) is 13.8 Å². The number of amides is 1. The zero-order valence-electron chi connectivity index (χ0n) is 34.8. The second-order valence-corrected chi connectivity index (χ2v) is 16.5. The standard InChI is InChI=1S/C44H85N3O6/c1-5-7-9-11-13-15-17-19-20-21-22-24-26-28-30-32-39(49)47(33-31-29-27-25-23-18-16-14-12-10-8-6-2)44(46)40(41(50)37(45)34-36(3)4)43(52)42(51)38(35-48)53-44/h19-20,36-38,40,42-43,48,51-52H,5-18,21-35,45-46H2,1-4H3/b20-19-/t37-,38+,40+,42+,43+,44-/m0/s1. The molecule has 0 spiro atoms. The van der Waals surface area contributed by atoms with Gasteiger partial charge in [0, 0.05) is 13.0 Å². The maximum Gasteiger partial charge on any atom is 0.225 e. The SMILES string of the molecule is CCCCCCCC/C=C\CCCCCCCC(=O)N(CCCCCCCCCCCCCC)[C@]1(N)O[C@H](CO)[C@@H](O)[C@H](O)[C@H]1C(=O)[C@@H](N)CC(C)C. The zero-order chi connectivity index (χ0) is 39.3. The summed E-state index contributed by atoms with van der Waals surface area (Å²) in [6, 6.07) is -0.951. The number of aliphatic hydroxyl groups is 3. The van der Waals surface area contributed by atoms with Crippen molar-refractivity contribution in [2.45, 2.75) is 231 Å². The molecular weight excluding hydrogens is 666 g/mol. The van der Waals surface area contributed by atoms with Crippen LogP contribution in [-0.4, -0.2) is 75.3 Å². The van der Waals surface area contributed by atoms with Crippen molar-refractivity contribution in [3.05, 3.63) is 12.2 Å². The number of aliphatic hydroxyl groups excluding tert-OH is 3. The molecular formula is C44H85N3O6. The average Bonchev–Trinajstić information content (AvgIpc) is 3.13. The van der Waals surface area contributed by atoms with E-state index >= 15 is 0 Å². The van der Waals surface area contributed by atoms with Gasteiger partial charge in [-0.2, -0.15) is 0 Å². The molecule has 7 N–H and O–H groups in total. The number of ketones is 1. The predicted molar refractivity (Wildman–Crippen MR) is 219 cm³/mol. The molecule has 0 aliphatic carbocycles. The predicted octanol–water partition coefficient (Wildman–Crippen LogP) is 8.84. The molecule has 9 nitrogen and oxygen atoms in total. The van der Waals surface area contributed by atoms with Gasteiger partial charge in [-0.05, 0) is 50.9 Å². The molecule has 0 saturated carbocycles. The third kappa shape index (κ3) is 20.4. The van der Waals surface area contributed by atoms with Crippen LogP contribution in [0.1, 0.15) is 201 Å². The Morgan fingerprint density at radius 2 is 1.13 bits per heavy atom. The topological polar surface area (TPSA) is 159 Å². The van der Waals surface area contributed by atoms with E-state index in [9.17, 15) is 24.9 Å². The number of hydrogen-bond donors (Lipinski definition) is 5. The van der Waals surface area contributed by atoms with E-state index in [4.69, 9.17) is 16.2 Å². The highest BCUT2D eigenvalue weighted by Crippen LogP contribution is 2.37. The Labute approximate surface area is 325 Å². The van der Waals surface area contributed by atoms with Crippen molar-refractivity contribution < 1.29 is 29.6 Å². The third-order valence-corrected chi connectivity index (χ3v) is 11.0. The normalized spacial score (nSPS) is 22.5. The number of ether oxygens (including phenoxy) is 1. The molecule has 1 fully saturated rings. The van der Waals surface area contributed by atoms with Crippen LogP contribution in [0.4, 0.5) is 0 Å². The smallest absolute Gasteiger partial charge is 0.225 e. The highest BCUT2D eigenvalue weighted by atomic mass is 16.6. The van der Waals surface area contributed by atoms with Crippen LogP contribution in [0.2, 0.25) is 0 Å². The Morgan fingerprint density at radius 1 is 0.698 bits per heavy atom. The lowest BCUT2D eigenvalue weighted by atomic mass is 9.79. The van der Waals surface area contributed by atoms with E-state index < -0.39 is 48.5 Å². The molecule has 0 unspecified atom stereocenters. The van der Waals surface area contributed by atoms with Gasteiger partial charge in [0.2, 0.25) is 11.8 Å². The van der Waals surface area contributed by atoms with E-state index in [0.717, 1.165) is 51.4 Å². The van der Waals surface area contributed by atoms with Crippen LogP contribution in [0.15, 0.2) is 12.2 Å². The first-order valence-corrected chi connectivity index (χ1v) is 22.2. The van der Waals surface area contributed by atoms with Crippen LogP contribution >= 0.6 is 0 Å². The molecule has 9 heteroatoms. The summed E-state index contributed by atoms with van der Waals surface area (Å²) in [5.41, 5.74) is 13.3. The van der Waals surface area contributed by atoms with Gasteiger partial charge in [-0.25, -0.2) is 0 Å². The first-order chi connectivity index (χ1) is 25.5. The fraction of sp³-hybridized carbons (Fsp3) is 0.909. The lowest BCUT2D eigenvalue weighted by Crippen LogP contribution is -2.76. The Bertz CT molecular complexity index is 948. The number of nitrogens with zero attached hydrogens (tertiary/aromatic N) is 1. The quantitative estimate of drug-likeness (QED) is 0.0248. The van der Waals surface area contributed by atoms with E-state index in [0.29, 0.717) is 19.3 Å². The summed E-state index contributed by atoms with van der Waals surface area (Å²) in [5.74, 6) is -4.18. The number of carbonyl (C=O) groups is 2. The maximum absolute atomic E-state index is 14.0. The molecule has 1 amide bonds. The van der Waals surface area contributed by atoms with Crippen LogP contribution in [0.25, 0.3) is 0 Å². The van der Waals surface area contributed by atoms with Crippen molar-refractivity contribution in [1.82, 2.24) is 4.90 Å². The van der Waals surface area contributed by atoms with Crippen molar-refractivity contribution in [1.29, 1.82) is 0 Å². The minimum absolute atomic E-state index is 0.109. The van der Waals surface area contributed by atoms with E-state index in [-0.39, 0.29) is 24.8 Å². The first-order valence-electron chi connectivity index (χ1n) is 22.2. The summed E-state index contributed by atoms with van der Waals surface area (Å²) in [6.07, 6.45) is 29.8. The monoisotopic (exact) mass is 752 g/mol. The molecule has 0 bridgehead atoms. The van der Waals surface area contributed by atoms with Crippen molar-refractivity contribution in [3.63, 3.8) is 0 Å². The zero-order valence-corrected chi connectivity index (χ0v) is 34.8. The van der Waals surface area contributed by atoms with Gasteiger partial charge >= 0.3 is 0 Å². The average molecular weight is 752 g/mol. The van der Waals surface area contributed by atoms with Gasteiger partial charge < -0.3 is 30.7 Å². The van der Waals surface area contributed by atoms with Crippen molar-refractivity contribution >= 4 is 11.7 Å². The summed E-state index contributed by atoms with van der Waals surface area (Å²) >= 11 is 0. The second-order valence-electron chi connectivity index (χ2n) is 16.5. The van der Waals surface area contributed by atoms with Gasteiger partial charge in [0.1, 0.15) is 18.1 Å². The van der Waals surface area contributed by atoms with Crippen LogP contribution < -0.4 is 11.5 Å². The maximum atomic E-state index is 14.0. The molecule has 1 aliphatic heterocycles. The minimum Gasteiger partial charge on any atom is -0.394 e.